The van der Waals surface area contributed by atoms with Crippen LogP contribution < -0.4 is 5.32 Å². The van der Waals surface area contributed by atoms with Gasteiger partial charge in [0.05, 0.1) is 0 Å². The Morgan fingerprint density at radius 3 is 2.75 bits per heavy atom. The molecular weight excluding hydrogens is 293 g/mol. The zero-order valence-corrected chi connectivity index (χ0v) is 11.1. The molecule has 1 fully saturated rings. The largest absolute Gasteiger partial charge is 0.316 e. The van der Waals surface area contributed by atoms with Crippen molar-refractivity contribution in [3.63, 3.8) is 0 Å². The highest BCUT2D eigenvalue weighted by Gasteiger charge is 2.19. The Kier molecular flexibility index (Phi) is 4.10. The van der Waals surface area contributed by atoms with Gasteiger partial charge in [0.1, 0.15) is 5.82 Å². The van der Waals surface area contributed by atoms with Crippen molar-refractivity contribution in [3.8, 4) is 0 Å². The van der Waals surface area contributed by atoms with Crippen LogP contribution in [0.2, 0.25) is 0 Å². The average molecular weight is 306 g/mol. The van der Waals surface area contributed by atoms with E-state index in [9.17, 15) is 8.60 Å². The molecule has 1 unspecified atom stereocenters. The highest BCUT2D eigenvalue weighted by Crippen LogP contribution is 2.17. The predicted molar refractivity (Wildman–Crippen MR) is 67.2 cm³/mol. The Morgan fingerprint density at radius 1 is 1.44 bits per heavy atom. The topological polar surface area (TPSA) is 29.1 Å². The second-order valence-corrected chi connectivity index (χ2v) is 6.47. The Bertz CT molecular complexity index is 389. The Balaban J connectivity index is 1.94. The van der Waals surface area contributed by atoms with Gasteiger partial charge in [0.2, 0.25) is 0 Å². The Hall–Kier alpha value is -0.260. The van der Waals surface area contributed by atoms with E-state index >= 15 is 0 Å². The summed E-state index contributed by atoms with van der Waals surface area (Å²) < 4.78 is 25.6. The van der Waals surface area contributed by atoms with Crippen LogP contribution in [0.25, 0.3) is 0 Å². The fourth-order valence-electron chi connectivity index (χ4n) is 1.67. The highest BCUT2D eigenvalue weighted by molar-refractivity contribution is 9.10. The van der Waals surface area contributed by atoms with Crippen LogP contribution in [0.15, 0.2) is 22.7 Å². The van der Waals surface area contributed by atoms with Crippen molar-refractivity contribution in [2.24, 2.45) is 5.92 Å². The first-order valence-corrected chi connectivity index (χ1v) is 7.42. The lowest BCUT2D eigenvalue weighted by molar-refractivity contribution is 0.382. The van der Waals surface area contributed by atoms with Gasteiger partial charge in [-0.3, -0.25) is 4.21 Å². The fraction of sp³-hybridized carbons (Fsp3) is 0.455. The van der Waals surface area contributed by atoms with Crippen molar-refractivity contribution in [2.45, 2.75) is 5.75 Å². The van der Waals surface area contributed by atoms with Gasteiger partial charge in [-0.2, -0.15) is 0 Å². The number of benzene rings is 1. The summed E-state index contributed by atoms with van der Waals surface area (Å²) in [7, 11) is -0.894. The third-order valence-electron chi connectivity index (χ3n) is 2.54. The summed E-state index contributed by atoms with van der Waals surface area (Å²) in [6, 6.07) is 4.67. The van der Waals surface area contributed by atoms with Crippen LogP contribution in [0.5, 0.6) is 0 Å². The van der Waals surface area contributed by atoms with Crippen LogP contribution in [0.3, 0.4) is 0 Å². The zero-order chi connectivity index (χ0) is 11.5. The van der Waals surface area contributed by atoms with Crippen molar-refractivity contribution in [2.75, 3.05) is 18.8 Å². The van der Waals surface area contributed by atoms with Crippen molar-refractivity contribution in [1.29, 1.82) is 0 Å². The Morgan fingerprint density at radius 2 is 2.19 bits per heavy atom. The molecule has 1 atom stereocenters. The second kappa shape index (κ2) is 5.38. The molecule has 0 amide bonds. The SMILES string of the molecule is O=S(Cc1cc(F)cc(Br)c1)CC1CNC1. The van der Waals surface area contributed by atoms with Gasteiger partial charge < -0.3 is 5.32 Å². The molecule has 0 spiro atoms. The molecule has 5 heteroatoms. The molecule has 88 valence electrons. The summed E-state index contributed by atoms with van der Waals surface area (Å²) in [4.78, 5) is 0. The van der Waals surface area contributed by atoms with Gasteiger partial charge in [-0.25, -0.2) is 4.39 Å². The van der Waals surface area contributed by atoms with Gasteiger partial charge in [0, 0.05) is 39.9 Å². The lowest BCUT2D eigenvalue weighted by Crippen LogP contribution is -2.44. The van der Waals surface area contributed by atoms with E-state index < -0.39 is 10.8 Å². The summed E-state index contributed by atoms with van der Waals surface area (Å²) in [6.45, 7) is 1.91. The molecule has 1 heterocycles. The monoisotopic (exact) mass is 305 g/mol. The molecule has 0 radical (unpaired) electrons. The van der Waals surface area contributed by atoms with Crippen LogP contribution in [0.1, 0.15) is 5.56 Å². The first-order valence-electron chi connectivity index (χ1n) is 5.14. The molecule has 0 bridgehead atoms. The van der Waals surface area contributed by atoms with Gasteiger partial charge in [-0.15, -0.1) is 0 Å². The van der Waals surface area contributed by atoms with Crippen LogP contribution in [0.4, 0.5) is 4.39 Å². The lowest BCUT2D eigenvalue weighted by Gasteiger charge is -2.26. The molecule has 2 nitrogen and oxygen atoms in total. The molecule has 1 saturated heterocycles. The van der Waals surface area contributed by atoms with Crippen molar-refractivity contribution in [1.82, 2.24) is 5.32 Å². The number of halogens is 2. The maximum atomic E-state index is 13.1. The number of nitrogens with one attached hydrogen (secondary N) is 1. The van der Waals surface area contributed by atoms with Gasteiger partial charge in [0.25, 0.3) is 0 Å². The summed E-state index contributed by atoms with van der Waals surface area (Å²) in [6.07, 6.45) is 0. The molecule has 0 aromatic heterocycles. The lowest BCUT2D eigenvalue weighted by atomic mass is 10.1. The van der Waals surface area contributed by atoms with E-state index in [1.165, 1.54) is 12.1 Å². The van der Waals surface area contributed by atoms with Crippen molar-refractivity contribution in [3.05, 3.63) is 34.1 Å². The molecular formula is C11H13BrFNOS. The molecule has 1 aliphatic rings. The Labute approximate surface area is 105 Å². The zero-order valence-electron chi connectivity index (χ0n) is 8.71. The summed E-state index contributed by atoms with van der Waals surface area (Å²) in [5.74, 6) is 1.39. The molecule has 1 aliphatic heterocycles. The quantitative estimate of drug-likeness (QED) is 0.922. The minimum absolute atomic E-state index is 0.285. The third kappa shape index (κ3) is 3.37. The number of rotatable bonds is 4. The van der Waals surface area contributed by atoms with Crippen LogP contribution in [0, 0.1) is 11.7 Å². The third-order valence-corrected chi connectivity index (χ3v) is 4.49. The summed E-state index contributed by atoms with van der Waals surface area (Å²) >= 11 is 3.23. The summed E-state index contributed by atoms with van der Waals surface area (Å²) in [5.41, 5.74) is 0.789. The van der Waals surface area contributed by atoms with Crippen LogP contribution in [-0.4, -0.2) is 23.1 Å². The smallest absolute Gasteiger partial charge is 0.124 e. The standard InChI is InChI=1S/C11H13BrFNOS/c12-10-1-8(2-11(13)3-10)6-16(15)7-9-4-14-5-9/h1-3,9,14H,4-7H2. The van der Waals surface area contributed by atoms with E-state index in [0.717, 1.165) is 18.7 Å². The minimum atomic E-state index is -0.894. The first-order chi connectivity index (χ1) is 7.63. The summed E-state index contributed by atoms with van der Waals surface area (Å²) in [5, 5.41) is 3.15. The van der Waals surface area contributed by atoms with E-state index in [0.29, 0.717) is 21.9 Å². The van der Waals surface area contributed by atoms with Crippen LogP contribution in [-0.2, 0) is 16.6 Å². The fourth-order valence-corrected chi connectivity index (χ4v) is 3.60. The molecule has 2 rings (SSSR count). The number of hydrogen-bond acceptors (Lipinski definition) is 2. The number of hydrogen-bond donors (Lipinski definition) is 1. The molecule has 1 aromatic carbocycles. The van der Waals surface area contributed by atoms with Gasteiger partial charge in [0.15, 0.2) is 0 Å². The van der Waals surface area contributed by atoms with E-state index in [1.54, 1.807) is 0 Å². The van der Waals surface area contributed by atoms with Gasteiger partial charge in [-0.1, -0.05) is 15.9 Å². The average Bonchev–Trinajstić information content (AvgIpc) is 2.09. The predicted octanol–water partition coefficient (Wildman–Crippen LogP) is 2.06. The molecule has 0 saturated carbocycles. The molecule has 16 heavy (non-hydrogen) atoms. The first kappa shape index (κ1) is 12.2. The molecule has 0 aliphatic carbocycles. The molecule has 1 aromatic rings. The van der Waals surface area contributed by atoms with E-state index in [1.807, 2.05) is 6.07 Å². The van der Waals surface area contributed by atoms with Crippen molar-refractivity contribution < 1.29 is 8.60 Å². The van der Waals surface area contributed by atoms with E-state index in [2.05, 4.69) is 21.2 Å². The second-order valence-electron chi connectivity index (χ2n) is 4.05. The maximum Gasteiger partial charge on any atom is 0.124 e. The normalized spacial score (nSPS) is 18.1. The maximum absolute atomic E-state index is 13.1. The highest BCUT2D eigenvalue weighted by atomic mass is 79.9. The molecule has 1 N–H and O–H groups in total. The van der Waals surface area contributed by atoms with E-state index in [-0.39, 0.29) is 5.82 Å². The van der Waals surface area contributed by atoms with Gasteiger partial charge in [-0.05, 0) is 29.7 Å². The van der Waals surface area contributed by atoms with Gasteiger partial charge >= 0.3 is 0 Å². The minimum Gasteiger partial charge on any atom is -0.316 e. The van der Waals surface area contributed by atoms with Crippen LogP contribution >= 0.6 is 15.9 Å². The van der Waals surface area contributed by atoms with E-state index in [4.69, 9.17) is 0 Å². The van der Waals surface area contributed by atoms with Crippen molar-refractivity contribution >= 4 is 26.7 Å².